The first-order chi connectivity index (χ1) is 6.77. The van der Waals surface area contributed by atoms with Gasteiger partial charge in [0.15, 0.2) is 0 Å². The summed E-state index contributed by atoms with van der Waals surface area (Å²) in [7, 11) is 0. The molecule has 0 amide bonds. The molecule has 14 heavy (non-hydrogen) atoms. The Bertz CT molecular complexity index is 363. The molecule has 0 spiro atoms. The van der Waals surface area contributed by atoms with Crippen LogP contribution in [0.4, 0.5) is 5.69 Å². The third-order valence-electron chi connectivity index (χ3n) is 2.29. The predicted octanol–water partition coefficient (Wildman–Crippen LogP) is 0.900. The van der Waals surface area contributed by atoms with E-state index in [0.29, 0.717) is 5.56 Å². The smallest absolute Gasteiger partial charge is 0.335 e. The molecule has 0 unspecified atom stereocenters. The van der Waals surface area contributed by atoms with Crippen LogP contribution in [-0.4, -0.2) is 24.2 Å². The summed E-state index contributed by atoms with van der Waals surface area (Å²) < 4.78 is 0. The Hall–Kier alpha value is -1.55. The molecule has 74 valence electrons. The molecule has 0 aliphatic carbocycles. The number of carboxylic acids is 1. The SMILES string of the molecule is O=C(O)c1ccc2c(c1)NCCNC2. The first-order valence-corrected chi connectivity index (χ1v) is 4.58. The van der Waals surface area contributed by atoms with Gasteiger partial charge in [0.2, 0.25) is 0 Å². The fourth-order valence-corrected chi connectivity index (χ4v) is 1.54. The molecular formula is C10H12N2O2. The second kappa shape index (κ2) is 3.67. The van der Waals surface area contributed by atoms with Crippen LogP contribution in [0.1, 0.15) is 15.9 Å². The first-order valence-electron chi connectivity index (χ1n) is 4.58. The van der Waals surface area contributed by atoms with Gasteiger partial charge in [0.25, 0.3) is 0 Å². The molecule has 0 fully saturated rings. The number of benzene rings is 1. The van der Waals surface area contributed by atoms with Crippen molar-refractivity contribution in [3.8, 4) is 0 Å². The maximum Gasteiger partial charge on any atom is 0.335 e. The zero-order valence-corrected chi connectivity index (χ0v) is 7.71. The Morgan fingerprint density at radius 3 is 3.00 bits per heavy atom. The molecule has 2 rings (SSSR count). The summed E-state index contributed by atoms with van der Waals surface area (Å²) in [6.07, 6.45) is 0. The highest BCUT2D eigenvalue weighted by molar-refractivity contribution is 5.89. The highest BCUT2D eigenvalue weighted by atomic mass is 16.4. The molecule has 1 aliphatic heterocycles. The molecular weight excluding hydrogens is 180 g/mol. The molecule has 4 heteroatoms. The van der Waals surface area contributed by atoms with Crippen molar-refractivity contribution in [1.29, 1.82) is 0 Å². The summed E-state index contributed by atoms with van der Waals surface area (Å²) in [5, 5.41) is 15.3. The molecule has 0 radical (unpaired) electrons. The maximum absolute atomic E-state index is 10.7. The third-order valence-corrected chi connectivity index (χ3v) is 2.29. The van der Waals surface area contributed by atoms with Crippen LogP contribution in [0.15, 0.2) is 18.2 Å². The second-order valence-electron chi connectivity index (χ2n) is 3.28. The molecule has 4 nitrogen and oxygen atoms in total. The molecule has 0 saturated heterocycles. The molecule has 0 atom stereocenters. The van der Waals surface area contributed by atoms with Crippen LogP contribution in [0.3, 0.4) is 0 Å². The Morgan fingerprint density at radius 2 is 2.21 bits per heavy atom. The summed E-state index contributed by atoms with van der Waals surface area (Å²) in [6.45, 7) is 2.52. The molecule has 1 aromatic carbocycles. The van der Waals surface area contributed by atoms with Gasteiger partial charge >= 0.3 is 5.97 Å². The van der Waals surface area contributed by atoms with Gasteiger partial charge in [-0.3, -0.25) is 0 Å². The van der Waals surface area contributed by atoms with E-state index in [1.807, 2.05) is 6.07 Å². The van der Waals surface area contributed by atoms with E-state index in [1.165, 1.54) is 0 Å². The van der Waals surface area contributed by atoms with E-state index < -0.39 is 5.97 Å². The Labute approximate surface area is 81.9 Å². The lowest BCUT2D eigenvalue weighted by atomic mass is 10.1. The van der Waals surface area contributed by atoms with Crippen molar-refractivity contribution in [2.75, 3.05) is 18.4 Å². The topological polar surface area (TPSA) is 61.4 Å². The number of anilines is 1. The van der Waals surface area contributed by atoms with E-state index in [0.717, 1.165) is 30.9 Å². The van der Waals surface area contributed by atoms with Crippen molar-refractivity contribution >= 4 is 11.7 Å². The van der Waals surface area contributed by atoms with E-state index in [2.05, 4.69) is 10.6 Å². The Morgan fingerprint density at radius 1 is 1.36 bits per heavy atom. The highest BCUT2D eigenvalue weighted by Gasteiger charge is 2.09. The van der Waals surface area contributed by atoms with Crippen molar-refractivity contribution in [2.45, 2.75) is 6.54 Å². The van der Waals surface area contributed by atoms with Crippen molar-refractivity contribution in [3.63, 3.8) is 0 Å². The number of hydrogen-bond acceptors (Lipinski definition) is 3. The number of rotatable bonds is 1. The second-order valence-corrected chi connectivity index (χ2v) is 3.28. The van der Waals surface area contributed by atoms with E-state index >= 15 is 0 Å². The number of hydrogen-bond donors (Lipinski definition) is 3. The van der Waals surface area contributed by atoms with E-state index in [9.17, 15) is 4.79 Å². The Balaban J connectivity index is 2.37. The maximum atomic E-state index is 10.7. The van der Waals surface area contributed by atoms with Crippen LogP contribution < -0.4 is 10.6 Å². The van der Waals surface area contributed by atoms with Gasteiger partial charge in [-0.25, -0.2) is 4.79 Å². The number of fused-ring (bicyclic) bond motifs is 1. The molecule has 0 bridgehead atoms. The standard InChI is InChI=1S/C10H12N2O2/c13-10(14)7-1-2-8-6-11-3-4-12-9(8)5-7/h1-2,5,11-12H,3-4,6H2,(H,13,14). The fraction of sp³-hybridized carbons (Fsp3) is 0.300. The van der Waals surface area contributed by atoms with Crippen LogP contribution in [0.25, 0.3) is 0 Å². The zero-order valence-electron chi connectivity index (χ0n) is 7.71. The van der Waals surface area contributed by atoms with Crippen molar-refractivity contribution in [3.05, 3.63) is 29.3 Å². The van der Waals surface area contributed by atoms with Crippen LogP contribution in [-0.2, 0) is 6.54 Å². The number of carboxylic acid groups (broad SMARTS) is 1. The van der Waals surface area contributed by atoms with E-state index in [1.54, 1.807) is 12.1 Å². The van der Waals surface area contributed by atoms with Crippen molar-refractivity contribution in [2.24, 2.45) is 0 Å². The fourth-order valence-electron chi connectivity index (χ4n) is 1.54. The van der Waals surface area contributed by atoms with Gasteiger partial charge in [-0.1, -0.05) is 6.07 Å². The normalized spacial score (nSPS) is 15.1. The van der Waals surface area contributed by atoms with Gasteiger partial charge in [0.1, 0.15) is 0 Å². The average Bonchev–Trinajstić information content (AvgIpc) is 2.41. The summed E-state index contributed by atoms with van der Waals surface area (Å²) in [4.78, 5) is 10.7. The predicted molar refractivity (Wildman–Crippen MR) is 53.6 cm³/mol. The van der Waals surface area contributed by atoms with Gasteiger partial charge < -0.3 is 15.7 Å². The highest BCUT2D eigenvalue weighted by Crippen LogP contribution is 2.18. The average molecular weight is 192 g/mol. The van der Waals surface area contributed by atoms with Gasteiger partial charge in [0.05, 0.1) is 5.56 Å². The third kappa shape index (κ3) is 1.70. The molecule has 3 N–H and O–H groups in total. The van der Waals surface area contributed by atoms with Gasteiger partial charge in [0, 0.05) is 25.3 Å². The van der Waals surface area contributed by atoms with E-state index in [-0.39, 0.29) is 0 Å². The number of nitrogens with one attached hydrogen (secondary N) is 2. The minimum atomic E-state index is -0.883. The minimum Gasteiger partial charge on any atom is -0.478 e. The lowest BCUT2D eigenvalue weighted by molar-refractivity contribution is 0.0697. The first kappa shape index (κ1) is 9.02. The van der Waals surface area contributed by atoms with Crippen LogP contribution in [0.2, 0.25) is 0 Å². The van der Waals surface area contributed by atoms with Crippen LogP contribution in [0, 0.1) is 0 Å². The Kier molecular flexibility index (Phi) is 2.37. The molecule has 0 aromatic heterocycles. The summed E-state index contributed by atoms with van der Waals surface area (Å²) >= 11 is 0. The lowest BCUT2D eigenvalue weighted by Crippen LogP contribution is -2.16. The largest absolute Gasteiger partial charge is 0.478 e. The summed E-state index contributed by atoms with van der Waals surface area (Å²) in [6, 6.07) is 5.17. The lowest BCUT2D eigenvalue weighted by Gasteiger charge is -2.07. The molecule has 0 saturated carbocycles. The summed E-state index contributed by atoms with van der Waals surface area (Å²) in [5.41, 5.74) is 2.38. The van der Waals surface area contributed by atoms with Crippen LogP contribution >= 0.6 is 0 Å². The number of carbonyl (C=O) groups is 1. The van der Waals surface area contributed by atoms with E-state index in [4.69, 9.17) is 5.11 Å². The van der Waals surface area contributed by atoms with Crippen molar-refractivity contribution < 1.29 is 9.90 Å². The molecule has 1 heterocycles. The van der Waals surface area contributed by atoms with Gasteiger partial charge in [-0.15, -0.1) is 0 Å². The van der Waals surface area contributed by atoms with Gasteiger partial charge in [-0.05, 0) is 17.7 Å². The zero-order chi connectivity index (χ0) is 9.97. The van der Waals surface area contributed by atoms with Crippen molar-refractivity contribution in [1.82, 2.24) is 5.32 Å². The molecule has 1 aliphatic rings. The monoisotopic (exact) mass is 192 g/mol. The van der Waals surface area contributed by atoms with Crippen LogP contribution in [0.5, 0.6) is 0 Å². The molecule has 1 aromatic rings. The van der Waals surface area contributed by atoms with Gasteiger partial charge in [-0.2, -0.15) is 0 Å². The minimum absolute atomic E-state index is 0.332. The summed E-state index contributed by atoms with van der Waals surface area (Å²) in [5.74, 6) is -0.883. The quantitative estimate of drug-likeness (QED) is 0.618. The number of aromatic carboxylic acids is 1.